The molecule has 2 aliphatic heterocycles. The van der Waals surface area contributed by atoms with Crippen LogP contribution in [0.25, 0.3) is 21.9 Å². The average Bonchev–Trinajstić information content (AvgIpc) is 3.30. The number of hydrogen-bond acceptors (Lipinski definition) is 8. The van der Waals surface area contributed by atoms with Gasteiger partial charge >= 0.3 is 0 Å². The lowest BCUT2D eigenvalue weighted by Crippen LogP contribution is -2.57. The SMILES string of the molecule is Cc1cc(Nc2ncnc3ccc4c(c23)O[C@@H]2CCNC[C@H]2N4C)ccc1Oc1ccc2c(c1)ncn2C. The lowest BCUT2D eigenvalue weighted by Gasteiger charge is -2.44. The fourth-order valence-corrected chi connectivity index (χ4v) is 5.56. The van der Waals surface area contributed by atoms with Crippen molar-refractivity contribution in [2.75, 3.05) is 30.4 Å². The molecule has 0 aliphatic carbocycles. The molecular formula is C29H29N7O2. The molecule has 9 nitrogen and oxygen atoms in total. The third-order valence-electron chi connectivity index (χ3n) is 7.63. The van der Waals surface area contributed by atoms with Gasteiger partial charge < -0.3 is 29.6 Å². The number of ether oxygens (including phenoxy) is 2. The summed E-state index contributed by atoms with van der Waals surface area (Å²) in [7, 11) is 4.12. The van der Waals surface area contributed by atoms with Crippen LogP contribution in [0.3, 0.4) is 0 Å². The lowest BCUT2D eigenvalue weighted by atomic mass is 9.98. The zero-order chi connectivity index (χ0) is 25.8. The molecule has 2 aliphatic rings. The molecule has 2 aromatic heterocycles. The Morgan fingerprint density at radius 1 is 1.03 bits per heavy atom. The van der Waals surface area contributed by atoms with Crippen molar-refractivity contribution in [2.45, 2.75) is 25.5 Å². The van der Waals surface area contributed by atoms with Crippen LogP contribution in [0.5, 0.6) is 17.2 Å². The van der Waals surface area contributed by atoms with Gasteiger partial charge in [0.15, 0.2) is 5.75 Å². The summed E-state index contributed by atoms with van der Waals surface area (Å²) in [5, 5.41) is 7.90. The van der Waals surface area contributed by atoms with Gasteiger partial charge in [-0.25, -0.2) is 15.0 Å². The fraction of sp³-hybridized carbons (Fsp3) is 0.276. The Kier molecular flexibility index (Phi) is 5.33. The molecule has 9 heteroatoms. The first-order chi connectivity index (χ1) is 18.5. The summed E-state index contributed by atoms with van der Waals surface area (Å²) in [5.41, 5.74) is 5.80. The van der Waals surface area contributed by atoms with E-state index in [1.807, 2.05) is 61.3 Å². The number of fused-ring (bicyclic) bond motifs is 5. The third kappa shape index (κ3) is 3.78. The molecule has 7 rings (SSSR count). The summed E-state index contributed by atoms with van der Waals surface area (Å²) in [4.78, 5) is 15.9. The molecular weight excluding hydrogens is 478 g/mol. The maximum atomic E-state index is 6.61. The van der Waals surface area contributed by atoms with Gasteiger partial charge in [0.2, 0.25) is 0 Å². The zero-order valence-corrected chi connectivity index (χ0v) is 21.6. The predicted octanol–water partition coefficient (Wildman–Crippen LogP) is 4.92. The number of benzene rings is 3. The summed E-state index contributed by atoms with van der Waals surface area (Å²) in [6.45, 7) is 3.91. The van der Waals surface area contributed by atoms with Crippen molar-refractivity contribution in [3.63, 3.8) is 0 Å². The molecule has 0 spiro atoms. The zero-order valence-electron chi connectivity index (χ0n) is 21.6. The standard InChI is InChI=1S/C29H29N7O2/c1-17-12-18(4-9-25(17)37-19-5-7-22-21(13-19)33-16-35(22)2)34-29-27-20(31-15-32-29)6-8-23-28(27)38-26-10-11-30-14-24(26)36(23)3/h4-9,12-13,15-16,24,26,30H,10-11,14H2,1-3H3,(H,31,32,34)/t24-,26-/m1/s1. The molecule has 0 radical (unpaired) electrons. The monoisotopic (exact) mass is 507 g/mol. The topological polar surface area (TPSA) is 89.4 Å². The molecule has 2 atom stereocenters. The quantitative estimate of drug-likeness (QED) is 0.354. The second-order valence-corrected chi connectivity index (χ2v) is 10.1. The summed E-state index contributed by atoms with van der Waals surface area (Å²) in [5.74, 6) is 3.11. The van der Waals surface area contributed by atoms with Crippen LogP contribution in [0, 0.1) is 6.92 Å². The number of imidazole rings is 1. The van der Waals surface area contributed by atoms with Gasteiger partial charge in [0, 0.05) is 32.4 Å². The van der Waals surface area contributed by atoms with E-state index < -0.39 is 0 Å². The number of aryl methyl sites for hydroxylation is 2. The molecule has 2 N–H and O–H groups in total. The minimum atomic E-state index is 0.136. The van der Waals surface area contributed by atoms with Crippen LogP contribution in [0.2, 0.25) is 0 Å². The number of likely N-dealkylation sites (N-methyl/N-ethyl adjacent to an activating group) is 1. The van der Waals surface area contributed by atoms with Crippen molar-refractivity contribution in [3.8, 4) is 17.2 Å². The van der Waals surface area contributed by atoms with Crippen LogP contribution in [0.4, 0.5) is 17.2 Å². The van der Waals surface area contributed by atoms with Crippen molar-refractivity contribution >= 4 is 39.1 Å². The third-order valence-corrected chi connectivity index (χ3v) is 7.63. The number of hydrogen-bond donors (Lipinski definition) is 2. The summed E-state index contributed by atoms with van der Waals surface area (Å²) in [6, 6.07) is 16.4. The van der Waals surface area contributed by atoms with E-state index >= 15 is 0 Å². The number of aromatic nitrogens is 4. The van der Waals surface area contributed by atoms with E-state index in [0.29, 0.717) is 6.04 Å². The van der Waals surface area contributed by atoms with Gasteiger partial charge in [-0.1, -0.05) is 0 Å². The van der Waals surface area contributed by atoms with Crippen LogP contribution in [-0.2, 0) is 7.05 Å². The summed E-state index contributed by atoms with van der Waals surface area (Å²) >= 11 is 0. The second-order valence-electron chi connectivity index (χ2n) is 10.1. The molecule has 0 amide bonds. The van der Waals surface area contributed by atoms with Crippen LogP contribution >= 0.6 is 0 Å². The second kappa shape index (κ2) is 8.88. The van der Waals surface area contributed by atoms with Crippen LogP contribution in [0.15, 0.2) is 61.2 Å². The highest BCUT2D eigenvalue weighted by atomic mass is 16.5. The normalized spacial score (nSPS) is 18.7. The van der Waals surface area contributed by atoms with Crippen molar-refractivity contribution in [1.29, 1.82) is 0 Å². The molecule has 1 saturated heterocycles. The number of nitrogens with zero attached hydrogens (tertiary/aromatic N) is 5. The first kappa shape index (κ1) is 22.8. The summed E-state index contributed by atoms with van der Waals surface area (Å²) < 4.78 is 14.8. The van der Waals surface area contributed by atoms with Crippen LogP contribution in [-0.4, -0.2) is 51.8 Å². The smallest absolute Gasteiger partial charge is 0.156 e. The van der Waals surface area contributed by atoms with Crippen LogP contribution in [0.1, 0.15) is 12.0 Å². The molecule has 0 unspecified atom stereocenters. The highest BCUT2D eigenvalue weighted by Crippen LogP contribution is 2.44. The number of rotatable bonds is 4. The Balaban J connectivity index is 1.20. The molecule has 5 aromatic rings. The lowest BCUT2D eigenvalue weighted by molar-refractivity contribution is 0.127. The maximum absolute atomic E-state index is 6.61. The first-order valence-corrected chi connectivity index (χ1v) is 12.9. The Hall–Kier alpha value is -4.37. The van der Waals surface area contributed by atoms with E-state index in [-0.39, 0.29) is 6.10 Å². The van der Waals surface area contributed by atoms with Gasteiger partial charge in [0.05, 0.1) is 40.0 Å². The Morgan fingerprint density at radius 3 is 2.84 bits per heavy atom. The van der Waals surface area contributed by atoms with Crippen LogP contribution < -0.4 is 25.0 Å². The van der Waals surface area contributed by atoms with Gasteiger partial charge in [-0.15, -0.1) is 0 Å². The van der Waals surface area contributed by atoms with E-state index in [0.717, 1.165) is 81.5 Å². The van der Waals surface area contributed by atoms with E-state index in [9.17, 15) is 0 Å². The first-order valence-electron chi connectivity index (χ1n) is 12.9. The Morgan fingerprint density at radius 2 is 1.95 bits per heavy atom. The largest absolute Gasteiger partial charge is 0.485 e. The van der Waals surface area contributed by atoms with E-state index in [4.69, 9.17) is 9.47 Å². The minimum Gasteiger partial charge on any atom is -0.485 e. The van der Waals surface area contributed by atoms with Gasteiger partial charge in [-0.05, 0) is 67.9 Å². The van der Waals surface area contributed by atoms with Gasteiger partial charge in [-0.2, -0.15) is 0 Å². The average molecular weight is 508 g/mol. The van der Waals surface area contributed by atoms with Gasteiger partial charge in [0.1, 0.15) is 29.7 Å². The molecule has 0 bridgehead atoms. The summed E-state index contributed by atoms with van der Waals surface area (Å²) in [6.07, 6.45) is 4.50. The molecule has 192 valence electrons. The van der Waals surface area contributed by atoms with Crippen molar-refractivity contribution in [3.05, 3.63) is 66.7 Å². The molecule has 1 fully saturated rings. The molecule has 0 saturated carbocycles. The van der Waals surface area contributed by atoms with Crippen molar-refractivity contribution in [2.24, 2.45) is 7.05 Å². The highest BCUT2D eigenvalue weighted by Gasteiger charge is 2.37. The van der Waals surface area contributed by atoms with E-state index in [1.165, 1.54) is 0 Å². The maximum Gasteiger partial charge on any atom is 0.156 e. The van der Waals surface area contributed by atoms with E-state index in [1.54, 1.807) is 6.33 Å². The predicted molar refractivity (Wildman–Crippen MR) is 149 cm³/mol. The Labute approximate surface area is 220 Å². The molecule has 38 heavy (non-hydrogen) atoms. The number of anilines is 3. The van der Waals surface area contributed by atoms with Gasteiger partial charge in [0.25, 0.3) is 0 Å². The van der Waals surface area contributed by atoms with Gasteiger partial charge in [-0.3, -0.25) is 0 Å². The number of piperidine rings is 1. The molecule has 4 heterocycles. The van der Waals surface area contributed by atoms with Crippen molar-refractivity contribution < 1.29 is 9.47 Å². The minimum absolute atomic E-state index is 0.136. The van der Waals surface area contributed by atoms with Crippen molar-refractivity contribution in [1.82, 2.24) is 24.8 Å². The van der Waals surface area contributed by atoms with E-state index in [2.05, 4.69) is 49.7 Å². The number of nitrogens with one attached hydrogen (secondary N) is 2. The molecule has 3 aromatic carbocycles. The fourth-order valence-electron chi connectivity index (χ4n) is 5.56. The highest BCUT2D eigenvalue weighted by molar-refractivity contribution is 6.00. The Bertz CT molecular complexity index is 1680.